The third-order valence-electron chi connectivity index (χ3n) is 1.33. The Hall–Kier alpha value is -0.720. The number of aromatic nitrogens is 1. The Morgan fingerprint density at radius 1 is 1.69 bits per heavy atom. The van der Waals surface area contributed by atoms with Crippen LogP contribution in [0.1, 0.15) is 17.3 Å². The molecule has 0 fully saturated rings. The Labute approximate surface area is 88.4 Å². The lowest BCUT2D eigenvalue weighted by Crippen LogP contribution is -2.08. The van der Waals surface area contributed by atoms with Crippen LogP contribution in [-0.4, -0.2) is 17.6 Å². The Bertz CT molecular complexity index is 330. The number of ether oxygens (including phenoxy) is 1. The zero-order valence-corrected chi connectivity index (χ0v) is 9.04. The summed E-state index contributed by atoms with van der Waals surface area (Å²) >= 11 is 1.77. The molecule has 0 aliphatic carbocycles. The minimum absolute atomic E-state index is 0.117. The quantitative estimate of drug-likeness (QED) is 0.619. The molecule has 13 heavy (non-hydrogen) atoms. The molecule has 1 aromatic rings. The Kier molecular flexibility index (Phi) is 3.58. The van der Waals surface area contributed by atoms with Crippen molar-refractivity contribution >= 4 is 28.6 Å². The van der Waals surface area contributed by atoms with E-state index in [0.29, 0.717) is 3.57 Å². The number of pyridine rings is 1. The molecule has 0 saturated carbocycles. The maximum atomic E-state index is 13.2. The Balaban J connectivity index is 3.01. The molecule has 0 aliphatic heterocycles. The van der Waals surface area contributed by atoms with Gasteiger partial charge in [0.25, 0.3) is 0 Å². The summed E-state index contributed by atoms with van der Waals surface area (Å²) in [5, 5.41) is 0. The van der Waals surface area contributed by atoms with Gasteiger partial charge in [0.1, 0.15) is 5.56 Å². The van der Waals surface area contributed by atoms with Crippen LogP contribution in [0.3, 0.4) is 0 Å². The van der Waals surface area contributed by atoms with Crippen molar-refractivity contribution in [3.8, 4) is 0 Å². The van der Waals surface area contributed by atoms with Crippen molar-refractivity contribution in [3.05, 3.63) is 27.3 Å². The number of hydrogen-bond acceptors (Lipinski definition) is 3. The average Bonchev–Trinajstić information content (AvgIpc) is 2.10. The van der Waals surface area contributed by atoms with Crippen LogP contribution in [0.2, 0.25) is 0 Å². The fourth-order valence-electron chi connectivity index (χ4n) is 0.770. The number of hydrogen-bond donors (Lipinski definition) is 0. The molecule has 0 amide bonds. The van der Waals surface area contributed by atoms with Crippen molar-refractivity contribution in [2.24, 2.45) is 0 Å². The maximum Gasteiger partial charge on any atom is 0.342 e. The van der Waals surface area contributed by atoms with Crippen LogP contribution in [0, 0.1) is 9.39 Å². The minimum atomic E-state index is -0.675. The molecule has 0 aliphatic rings. The molecular weight excluding hydrogens is 288 g/mol. The second kappa shape index (κ2) is 4.50. The zero-order chi connectivity index (χ0) is 9.84. The maximum absolute atomic E-state index is 13.2. The topological polar surface area (TPSA) is 39.2 Å². The van der Waals surface area contributed by atoms with Gasteiger partial charge in [-0.25, -0.2) is 9.18 Å². The third kappa shape index (κ3) is 2.36. The summed E-state index contributed by atoms with van der Waals surface area (Å²) in [6.07, 6.45) is 2.51. The summed E-state index contributed by atoms with van der Waals surface area (Å²) in [6.45, 7) is 1.89. The lowest BCUT2D eigenvalue weighted by Gasteiger charge is -2.02. The predicted molar refractivity (Wildman–Crippen MR) is 52.9 cm³/mol. The van der Waals surface area contributed by atoms with E-state index in [0.717, 1.165) is 6.20 Å². The molecule has 0 bridgehead atoms. The molecule has 0 spiro atoms. The summed E-state index contributed by atoms with van der Waals surface area (Å²) in [6, 6.07) is 0. The standard InChI is InChI=1S/C8H7FINO2/c1-2-13-8(12)5-3-11-4-6(10)7(5)9/h3-4H,2H2,1H3. The van der Waals surface area contributed by atoms with E-state index in [2.05, 4.69) is 9.72 Å². The molecule has 0 unspecified atom stereocenters. The Morgan fingerprint density at radius 2 is 2.38 bits per heavy atom. The van der Waals surface area contributed by atoms with E-state index >= 15 is 0 Å². The highest BCUT2D eigenvalue weighted by molar-refractivity contribution is 14.1. The van der Waals surface area contributed by atoms with Crippen LogP contribution in [0.25, 0.3) is 0 Å². The van der Waals surface area contributed by atoms with E-state index in [1.807, 2.05) is 0 Å². The number of halogens is 2. The predicted octanol–water partition coefficient (Wildman–Crippen LogP) is 2.00. The average molecular weight is 295 g/mol. The summed E-state index contributed by atoms with van der Waals surface area (Å²) in [5.74, 6) is -1.25. The van der Waals surface area contributed by atoms with Gasteiger partial charge in [-0.05, 0) is 29.5 Å². The van der Waals surface area contributed by atoms with Crippen LogP contribution in [0.4, 0.5) is 4.39 Å². The number of rotatable bonds is 2. The smallest absolute Gasteiger partial charge is 0.342 e. The summed E-state index contributed by atoms with van der Waals surface area (Å²) < 4.78 is 18.2. The first-order valence-corrected chi connectivity index (χ1v) is 4.70. The number of carbonyl (C=O) groups excluding carboxylic acids is 1. The molecule has 1 aromatic heterocycles. The number of esters is 1. The molecule has 0 radical (unpaired) electrons. The summed E-state index contributed by atoms with van der Waals surface area (Å²) in [7, 11) is 0. The molecule has 3 nitrogen and oxygen atoms in total. The normalized spacial score (nSPS) is 9.77. The molecule has 0 aromatic carbocycles. The lowest BCUT2D eigenvalue weighted by molar-refractivity contribution is 0.0520. The second-order valence-corrected chi connectivity index (χ2v) is 3.37. The van der Waals surface area contributed by atoms with Crippen molar-refractivity contribution in [3.63, 3.8) is 0 Å². The van der Waals surface area contributed by atoms with E-state index < -0.39 is 11.8 Å². The molecule has 0 N–H and O–H groups in total. The zero-order valence-electron chi connectivity index (χ0n) is 6.88. The van der Waals surface area contributed by atoms with Gasteiger partial charge in [0.2, 0.25) is 0 Å². The van der Waals surface area contributed by atoms with Gasteiger partial charge in [0.05, 0.1) is 10.2 Å². The largest absolute Gasteiger partial charge is 0.462 e. The van der Waals surface area contributed by atoms with Gasteiger partial charge >= 0.3 is 5.97 Å². The minimum Gasteiger partial charge on any atom is -0.462 e. The number of carbonyl (C=O) groups is 1. The molecule has 1 heterocycles. The van der Waals surface area contributed by atoms with Crippen LogP contribution in [0.5, 0.6) is 0 Å². The highest BCUT2D eigenvalue weighted by Crippen LogP contribution is 2.13. The molecule has 0 atom stereocenters. The monoisotopic (exact) mass is 295 g/mol. The number of nitrogens with zero attached hydrogens (tertiary/aromatic N) is 1. The summed E-state index contributed by atoms with van der Waals surface area (Å²) in [4.78, 5) is 14.8. The molecule has 5 heteroatoms. The Morgan fingerprint density at radius 3 is 3.00 bits per heavy atom. The van der Waals surface area contributed by atoms with Crippen LogP contribution in [0.15, 0.2) is 12.4 Å². The van der Waals surface area contributed by atoms with Gasteiger partial charge in [-0.15, -0.1) is 0 Å². The van der Waals surface area contributed by atoms with Crippen LogP contribution >= 0.6 is 22.6 Å². The first-order chi connectivity index (χ1) is 6.16. The molecule has 0 saturated heterocycles. The van der Waals surface area contributed by atoms with Gasteiger partial charge in [0.15, 0.2) is 5.82 Å². The SMILES string of the molecule is CCOC(=O)c1cncc(I)c1F. The van der Waals surface area contributed by atoms with Crippen molar-refractivity contribution in [2.45, 2.75) is 6.92 Å². The molecule has 70 valence electrons. The van der Waals surface area contributed by atoms with Crippen molar-refractivity contribution in [2.75, 3.05) is 6.61 Å². The highest BCUT2D eigenvalue weighted by Gasteiger charge is 2.14. The fraction of sp³-hybridized carbons (Fsp3) is 0.250. The third-order valence-corrected chi connectivity index (χ3v) is 2.09. The van der Waals surface area contributed by atoms with Gasteiger partial charge in [0, 0.05) is 12.4 Å². The van der Waals surface area contributed by atoms with Gasteiger partial charge in [-0.3, -0.25) is 4.98 Å². The van der Waals surface area contributed by atoms with E-state index in [9.17, 15) is 9.18 Å². The van der Waals surface area contributed by atoms with Gasteiger partial charge in [-0.1, -0.05) is 0 Å². The lowest BCUT2D eigenvalue weighted by atomic mass is 10.3. The molecular formula is C8H7FINO2. The van der Waals surface area contributed by atoms with Gasteiger partial charge < -0.3 is 4.74 Å². The van der Waals surface area contributed by atoms with E-state index in [4.69, 9.17) is 0 Å². The first kappa shape index (κ1) is 10.4. The second-order valence-electron chi connectivity index (χ2n) is 2.20. The molecule has 1 rings (SSSR count). The van der Waals surface area contributed by atoms with E-state index in [-0.39, 0.29) is 12.2 Å². The van der Waals surface area contributed by atoms with Gasteiger partial charge in [-0.2, -0.15) is 0 Å². The van der Waals surface area contributed by atoms with Crippen LogP contribution < -0.4 is 0 Å². The van der Waals surface area contributed by atoms with Crippen molar-refractivity contribution < 1.29 is 13.9 Å². The first-order valence-electron chi connectivity index (χ1n) is 3.63. The summed E-state index contributed by atoms with van der Waals surface area (Å²) in [5.41, 5.74) is -0.117. The highest BCUT2D eigenvalue weighted by atomic mass is 127. The van der Waals surface area contributed by atoms with E-state index in [1.165, 1.54) is 6.20 Å². The van der Waals surface area contributed by atoms with Crippen LogP contribution in [-0.2, 0) is 4.74 Å². The van der Waals surface area contributed by atoms with Crippen molar-refractivity contribution in [1.29, 1.82) is 0 Å². The fourth-order valence-corrected chi connectivity index (χ4v) is 1.22. The van der Waals surface area contributed by atoms with Crippen molar-refractivity contribution in [1.82, 2.24) is 4.98 Å². The van der Waals surface area contributed by atoms with E-state index in [1.54, 1.807) is 29.5 Å².